The Hall–Kier alpha value is -4.94. The molecule has 4 aromatic carbocycles. The van der Waals surface area contributed by atoms with E-state index < -0.39 is 18.1 Å². The van der Waals surface area contributed by atoms with Crippen LogP contribution in [0.1, 0.15) is 59.2 Å². The van der Waals surface area contributed by atoms with E-state index in [0.717, 1.165) is 57.4 Å². The monoisotopic (exact) mass is 621 g/mol. The summed E-state index contributed by atoms with van der Waals surface area (Å²) in [7, 11) is 0. The second-order valence-electron chi connectivity index (χ2n) is 10.9. The number of carbonyl (C=O) groups is 1. The Bertz CT molecular complexity index is 2040. The summed E-state index contributed by atoms with van der Waals surface area (Å²) in [6.45, 7) is 1.85. The van der Waals surface area contributed by atoms with Gasteiger partial charge < -0.3 is 0 Å². The Balaban J connectivity index is 1.61. The van der Waals surface area contributed by atoms with E-state index in [9.17, 15) is 28.1 Å². The highest BCUT2D eigenvalue weighted by molar-refractivity contribution is 7.98. The van der Waals surface area contributed by atoms with Crippen LogP contribution in [0.15, 0.2) is 101 Å². The van der Waals surface area contributed by atoms with Crippen LogP contribution in [0.25, 0.3) is 38.9 Å². The highest BCUT2D eigenvalue weighted by atomic mass is 32.2. The van der Waals surface area contributed by atoms with Gasteiger partial charge in [-0.1, -0.05) is 36.4 Å². The molecule has 0 bridgehead atoms. The molecule has 1 aliphatic carbocycles. The zero-order chi connectivity index (χ0) is 31.7. The summed E-state index contributed by atoms with van der Waals surface area (Å²) in [4.78, 5) is 23.4. The van der Waals surface area contributed by atoms with Crippen LogP contribution >= 0.6 is 11.9 Å². The molecule has 224 valence electrons. The molecule has 0 atom stereocenters. The summed E-state index contributed by atoms with van der Waals surface area (Å²) >= 11 is 1.34. The summed E-state index contributed by atoms with van der Waals surface area (Å²) in [5, 5.41) is 13.3. The Morgan fingerprint density at radius 2 is 1.71 bits per heavy atom. The average Bonchev–Trinajstić information content (AvgIpc) is 3.37. The van der Waals surface area contributed by atoms with Gasteiger partial charge in [0.15, 0.2) is 0 Å². The molecule has 0 aliphatic heterocycles. The Kier molecular flexibility index (Phi) is 8.42. The number of nitrogens with zero attached hydrogens (tertiary/aromatic N) is 3. The molecular weight excluding hydrogens is 595 g/mol. The Morgan fingerprint density at radius 1 is 0.956 bits per heavy atom. The zero-order valence-corrected chi connectivity index (χ0v) is 25.0. The van der Waals surface area contributed by atoms with Gasteiger partial charge in [0.2, 0.25) is 0 Å². The van der Waals surface area contributed by atoms with Gasteiger partial charge in [-0.25, -0.2) is 13.2 Å². The van der Waals surface area contributed by atoms with Gasteiger partial charge in [-0.15, -0.1) is 4.91 Å². The lowest BCUT2D eigenvalue weighted by Crippen LogP contribution is -2.01. The number of halogens is 3. The van der Waals surface area contributed by atoms with Crippen molar-refractivity contribution in [1.29, 1.82) is 5.26 Å². The fraction of sp³-hybridized carbons (Fsp3) is 0.167. The van der Waals surface area contributed by atoms with Crippen molar-refractivity contribution >= 4 is 34.3 Å². The number of alkyl halides is 2. The van der Waals surface area contributed by atoms with Gasteiger partial charge in [0, 0.05) is 43.3 Å². The number of aryl methyl sites for hydroxylation is 1. The molecule has 1 amide bonds. The first-order chi connectivity index (χ1) is 21.8. The number of aromatic nitrogens is 1. The normalized spacial score (nSPS) is 13.3. The number of fused-ring (bicyclic) bond motifs is 1. The third-order valence-corrected chi connectivity index (χ3v) is 9.17. The van der Waals surface area contributed by atoms with Gasteiger partial charge in [-0.2, -0.15) is 5.26 Å². The number of nitriles is 1. The lowest BCUT2D eigenvalue weighted by molar-refractivity contribution is 0.100. The van der Waals surface area contributed by atoms with Crippen molar-refractivity contribution in [3.8, 4) is 28.5 Å². The minimum Gasteiger partial charge on any atom is -0.279 e. The molecule has 0 saturated carbocycles. The van der Waals surface area contributed by atoms with E-state index in [1.807, 2.05) is 35.2 Å². The standard InChI is InChI=1S/C36H26F3N3O2S/c1-21-17-25(36(43)41-44)11-15-29(21)23-6-4-7-24(18-23)34-33(30-8-3-2-5-26(30)20-40)31-19-27(37)12-16-32(31)42(34)45-28-13-9-22(10-14-28)35(38)39/h4,6-7,9-19,35H,2-3,5,8H2,1H3. The van der Waals surface area contributed by atoms with Gasteiger partial charge >= 0.3 is 5.91 Å². The minimum absolute atomic E-state index is 0.0783. The number of benzene rings is 4. The molecule has 0 N–H and O–H groups in total. The third kappa shape index (κ3) is 5.81. The summed E-state index contributed by atoms with van der Waals surface area (Å²) in [5.74, 6) is -1.25. The van der Waals surface area contributed by atoms with Crippen molar-refractivity contribution < 1.29 is 18.0 Å². The fourth-order valence-corrected chi connectivity index (χ4v) is 7.00. The second-order valence-corrected chi connectivity index (χ2v) is 11.9. The zero-order valence-electron chi connectivity index (χ0n) is 24.2. The SMILES string of the molecule is Cc1cc(C(=O)N=O)ccc1-c1cccc(-c2c(C3=C(C#N)CCCC3)c3cc(F)ccc3n2Sc2ccc(C(F)F)cc2)c1. The first-order valence-corrected chi connectivity index (χ1v) is 15.2. The van der Waals surface area contributed by atoms with Gasteiger partial charge in [-0.3, -0.25) is 8.77 Å². The highest BCUT2D eigenvalue weighted by Crippen LogP contribution is 2.47. The second kappa shape index (κ2) is 12.6. The summed E-state index contributed by atoms with van der Waals surface area (Å²) in [5.41, 5.74) is 7.23. The molecule has 0 radical (unpaired) electrons. The molecule has 1 aliphatic rings. The fourth-order valence-electron chi connectivity index (χ4n) is 5.99. The molecule has 6 rings (SSSR count). The molecular formula is C36H26F3N3O2S. The predicted molar refractivity (Wildman–Crippen MR) is 171 cm³/mol. The van der Waals surface area contributed by atoms with E-state index in [1.54, 1.807) is 36.4 Å². The molecule has 0 unspecified atom stereocenters. The van der Waals surface area contributed by atoms with E-state index in [0.29, 0.717) is 28.7 Å². The van der Waals surface area contributed by atoms with Gasteiger partial charge in [0.25, 0.3) is 6.43 Å². The number of nitroso groups, excluding NO2 is 1. The van der Waals surface area contributed by atoms with Crippen LogP contribution in [0.4, 0.5) is 13.2 Å². The van der Waals surface area contributed by atoms with E-state index in [-0.39, 0.29) is 11.1 Å². The number of carbonyl (C=O) groups excluding carboxylic acids is 1. The molecule has 45 heavy (non-hydrogen) atoms. The van der Waals surface area contributed by atoms with Crippen molar-refractivity contribution in [2.75, 3.05) is 0 Å². The van der Waals surface area contributed by atoms with Crippen LogP contribution < -0.4 is 0 Å². The number of hydrogen-bond acceptors (Lipinski definition) is 4. The van der Waals surface area contributed by atoms with E-state index in [4.69, 9.17) is 0 Å². The van der Waals surface area contributed by atoms with Crippen LogP contribution in [0.2, 0.25) is 0 Å². The summed E-state index contributed by atoms with van der Waals surface area (Å²) in [6.07, 6.45) is 0.502. The average molecular weight is 622 g/mol. The maximum atomic E-state index is 14.9. The smallest absolute Gasteiger partial charge is 0.279 e. The summed E-state index contributed by atoms with van der Waals surface area (Å²) in [6, 6.07) is 25.8. The number of hydrogen-bond donors (Lipinski definition) is 0. The maximum absolute atomic E-state index is 14.9. The van der Waals surface area contributed by atoms with Crippen LogP contribution in [-0.4, -0.2) is 9.88 Å². The number of allylic oxidation sites excluding steroid dienone is 2. The number of rotatable bonds is 7. The Morgan fingerprint density at radius 3 is 2.42 bits per heavy atom. The number of amides is 1. The molecule has 5 nitrogen and oxygen atoms in total. The van der Waals surface area contributed by atoms with E-state index >= 15 is 0 Å². The molecule has 5 aromatic rings. The van der Waals surface area contributed by atoms with Crippen molar-refractivity contribution in [2.45, 2.75) is 43.9 Å². The van der Waals surface area contributed by atoms with E-state index in [1.165, 1.54) is 36.2 Å². The minimum atomic E-state index is -2.59. The third-order valence-electron chi connectivity index (χ3n) is 8.12. The first-order valence-electron chi connectivity index (χ1n) is 14.4. The highest BCUT2D eigenvalue weighted by Gasteiger charge is 2.26. The summed E-state index contributed by atoms with van der Waals surface area (Å²) < 4.78 is 43.5. The molecule has 0 saturated heterocycles. The predicted octanol–water partition coefficient (Wildman–Crippen LogP) is 10.7. The first kappa shape index (κ1) is 30.1. The van der Waals surface area contributed by atoms with Gasteiger partial charge in [0.05, 0.1) is 17.3 Å². The molecule has 0 spiro atoms. The van der Waals surface area contributed by atoms with Gasteiger partial charge in [-0.05, 0) is 115 Å². The lowest BCUT2D eigenvalue weighted by Gasteiger charge is -2.19. The van der Waals surface area contributed by atoms with Crippen LogP contribution in [0, 0.1) is 29.0 Å². The lowest BCUT2D eigenvalue weighted by atomic mass is 9.85. The van der Waals surface area contributed by atoms with Crippen molar-refractivity contribution in [3.05, 3.63) is 123 Å². The van der Waals surface area contributed by atoms with Crippen LogP contribution in [0.5, 0.6) is 0 Å². The van der Waals surface area contributed by atoms with Crippen LogP contribution in [0.3, 0.4) is 0 Å². The Labute approximate surface area is 262 Å². The topological polar surface area (TPSA) is 75.2 Å². The molecule has 9 heteroatoms. The van der Waals surface area contributed by atoms with E-state index in [2.05, 4.69) is 11.2 Å². The largest absolute Gasteiger partial charge is 0.316 e. The molecule has 0 fully saturated rings. The molecule has 1 heterocycles. The quantitative estimate of drug-likeness (QED) is 0.169. The molecule has 1 aromatic heterocycles. The van der Waals surface area contributed by atoms with Gasteiger partial charge in [0.1, 0.15) is 5.82 Å². The van der Waals surface area contributed by atoms with Crippen LogP contribution in [-0.2, 0) is 0 Å². The van der Waals surface area contributed by atoms with Crippen molar-refractivity contribution in [2.24, 2.45) is 5.18 Å². The van der Waals surface area contributed by atoms with Crippen molar-refractivity contribution in [3.63, 3.8) is 0 Å². The maximum Gasteiger partial charge on any atom is 0.316 e. The van der Waals surface area contributed by atoms with Crippen molar-refractivity contribution in [1.82, 2.24) is 3.97 Å².